The fourth-order valence-corrected chi connectivity index (χ4v) is 4.75. The molecule has 1 aromatic rings. The van der Waals surface area contributed by atoms with Gasteiger partial charge < -0.3 is 5.32 Å². The second kappa shape index (κ2) is 5.76. The van der Waals surface area contributed by atoms with Crippen molar-refractivity contribution in [3.05, 3.63) is 28.3 Å². The standard InChI is InChI=1S/C15H21N3O4S/c1-9(13-7-10-2-3-11(13)6-10)17-14-5-4-12(23(16,21)22)8-15(14)18(19)20/h4-5,8-11,13,17H,2-3,6-7H2,1H3,(H2,16,21,22). The highest BCUT2D eigenvalue weighted by Crippen LogP contribution is 2.50. The number of hydrogen-bond acceptors (Lipinski definition) is 5. The molecular formula is C15H21N3O4S. The number of nitrogens with one attached hydrogen (secondary N) is 1. The van der Waals surface area contributed by atoms with Crippen molar-refractivity contribution < 1.29 is 13.3 Å². The molecular weight excluding hydrogens is 318 g/mol. The monoisotopic (exact) mass is 339 g/mol. The number of nitrogens with two attached hydrogens (primary N) is 1. The van der Waals surface area contributed by atoms with E-state index in [9.17, 15) is 18.5 Å². The average Bonchev–Trinajstić information content (AvgIpc) is 3.08. The van der Waals surface area contributed by atoms with Crippen molar-refractivity contribution in [2.45, 2.75) is 43.5 Å². The van der Waals surface area contributed by atoms with Gasteiger partial charge in [0.05, 0.1) is 9.82 Å². The van der Waals surface area contributed by atoms with Crippen LogP contribution in [0.4, 0.5) is 11.4 Å². The van der Waals surface area contributed by atoms with Crippen LogP contribution in [0.2, 0.25) is 0 Å². The molecule has 4 atom stereocenters. The molecule has 2 aliphatic carbocycles. The molecule has 23 heavy (non-hydrogen) atoms. The number of sulfonamides is 1. The zero-order valence-corrected chi connectivity index (χ0v) is 13.8. The van der Waals surface area contributed by atoms with Crippen molar-refractivity contribution in [3.8, 4) is 0 Å². The number of nitrogens with zero attached hydrogens (tertiary/aromatic N) is 1. The van der Waals surface area contributed by atoms with E-state index in [0.717, 1.165) is 12.0 Å². The van der Waals surface area contributed by atoms with Gasteiger partial charge in [0.1, 0.15) is 5.69 Å². The first kappa shape index (κ1) is 16.2. The normalized spacial score (nSPS) is 27.8. The van der Waals surface area contributed by atoms with Crippen LogP contribution >= 0.6 is 0 Å². The van der Waals surface area contributed by atoms with Gasteiger partial charge in [0.25, 0.3) is 5.69 Å². The van der Waals surface area contributed by atoms with Gasteiger partial charge in [-0.05, 0) is 56.1 Å². The van der Waals surface area contributed by atoms with Gasteiger partial charge >= 0.3 is 0 Å². The van der Waals surface area contributed by atoms with Crippen molar-refractivity contribution in [1.29, 1.82) is 0 Å². The lowest BCUT2D eigenvalue weighted by atomic mass is 9.84. The van der Waals surface area contributed by atoms with Gasteiger partial charge in [0.15, 0.2) is 0 Å². The molecule has 2 bridgehead atoms. The summed E-state index contributed by atoms with van der Waals surface area (Å²) in [6.45, 7) is 2.04. The smallest absolute Gasteiger partial charge is 0.293 e. The van der Waals surface area contributed by atoms with Gasteiger partial charge in [-0.1, -0.05) is 6.42 Å². The fourth-order valence-electron chi connectivity index (χ4n) is 4.22. The van der Waals surface area contributed by atoms with Crippen LogP contribution in [0.15, 0.2) is 23.1 Å². The van der Waals surface area contributed by atoms with E-state index in [1.807, 2.05) is 6.92 Å². The van der Waals surface area contributed by atoms with Gasteiger partial charge in [-0.25, -0.2) is 13.6 Å². The van der Waals surface area contributed by atoms with E-state index in [-0.39, 0.29) is 16.6 Å². The SMILES string of the molecule is CC(Nc1ccc(S(N)(=O)=O)cc1[N+](=O)[O-])C1CC2CCC1C2. The predicted molar refractivity (Wildman–Crippen MR) is 86.5 cm³/mol. The van der Waals surface area contributed by atoms with Crippen molar-refractivity contribution in [2.24, 2.45) is 22.9 Å². The lowest BCUT2D eigenvalue weighted by molar-refractivity contribution is -0.384. The lowest BCUT2D eigenvalue weighted by Gasteiger charge is -2.29. The van der Waals surface area contributed by atoms with Crippen LogP contribution in [0.25, 0.3) is 0 Å². The average molecular weight is 339 g/mol. The molecule has 7 nitrogen and oxygen atoms in total. The summed E-state index contributed by atoms with van der Waals surface area (Å²) in [7, 11) is -3.96. The van der Waals surface area contributed by atoms with E-state index in [0.29, 0.717) is 17.5 Å². The minimum atomic E-state index is -3.96. The van der Waals surface area contributed by atoms with E-state index in [4.69, 9.17) is 5.14 Å². The highest BCUT2D eigenvalue weighted by molar-refractivity contribution is 7.89. The van der Waals surface area contributed by atoms with Crippen LogP contribution in [-0.4, -0.2) is 19.4 Å². The van der Waals surface area contributed by atoms with Gasteiger partial charge in [0.2, 0.25) is 10.0 Å². The predicted octanol–water partition coefficient (Wildman–Crippen LogP) is 2.48. The lowest BCUT2D eigenvalue weighted by Crippen LogP contribution is -2.30. The van der Waals surface area contributed by atoms with Crippen LogP contribution < -0.4 is 10.5 Å². The fraction of sp³-hybridized carbons (Fsp3) is 0.600. The van der Waals surface area contributed by atoms with Crippen LogP contribution in [-0.2, 0) is 10.0 Å². The third-order valence-corrected chi connectivity index (χ3v) is 6.22. The Kier molecular flexibility index (Phi) is 4.05. The molecule has 0 radical (unpaired) electrons. The Morgan fingerprint density at radius 1 is 1.35 bits per heavy atom. The zero-order chi connectivity index (χ0) is 16.8. The quantitative estimate of drug-likeness (QED) is 0.631. The maximum atomic E-state index is 11.4. The summed E-state index contributed by atoms with van der Waals surface area (Å²) in [5.41, 5.74) is 0.0872. The van der Waals surface area contributed by atoms with Crippen molar-refractivity contribution in [1.82, 2.24) is 0 Å². The highest BCUT2D eigenvalue weighted by Gasteiger charge is 2.42. The Morgan fingerprint density at radius 3 is 2.61 bits per heavy atom. The highest BCUT2D eigenvalue weighted by atomic mass is 32.2. The maximum absolute atomic E-state index is 11.4. The summed E-state index contributed by atoms with van der Waals surface area (Å²) in [5.74, 6) is 2.02. The van der Waals surface area contributed by atoms with Gasteiger partial charge in [0, 0.05) is 12.1 Å². The minimum Gasteiger partial charge on any atom is -0.377 e. The number of fused-ring (bicyclic) bond motifs is 2. The summed E-state index contributed by atoms with van der Waals surface area (Å²) in [6.07, 6.45) is 4.98. The number of anilines is 1. The van der Waals surface area contributed by atoms with Crippen LogP contribution in [0.1, 0.15) is 32.6 Å². The molecule has 3 rings (SSSR count). The van der Waals surface area contributed by atoms with E-state index in [1.165, 1.54) is 37.8 Å². The molecule has 2 saturated carbocycles. The maximum Gasteiger partial charge on any atom is 0.293 e. The van der Waals surface area contributed by atoms with Crippen molar-refractivity contribution >= 4 is 21.4 Å². The summed E-state index contributed by atoms with van der Waals surface area (Å²) >= 11 is 0. The molecule has 0 spiro atoms. The van der Waals surface area contributed by atoms with Gasteiger partial charge in [-0.3, -0.25) is 10.1 Å². The number of nitro benzene ring substituents is 1. The molecule has 1 aromatic carbocycles. The first-order chi connectivity index (χ1) is 10.8. The number of nitro groups is 1. The Bertz CT molecular complexity index is 734. The van der Waals surface area contributed by atoms with Crippen LogP contribution in [0.3, 0.4) is 0 Å². The second-order valence-corrected chi connectivity index (χ2v) is 8.31. The number of primary sulfonamides is 1. The molecule has 0 aliphatic heterocycles. The Balaban J connectivity index is 1.83. The molecule has 3 N–H and O–H groups in total. The summed E-state index contributed by atoms with van der Waals surface area (Å²) in [5, 5.41) is 19.5. The van der Waals surface area contributed by atoms with Gasteiger partial charge in [-0.15, -0.1) is 0 Å². The third kappa shape index (κ3) is 3.18. The van der Waals surface area contributed by atoms with Gasteiger partial charge in [-0.2, -0.15) is 0 Å². The summed E-state index contributed by atoms with van der Waals surface area (Å²) in [4.78, 5) is 10.4. The van der Waals surface area contributed by atoms with E-state index >= 15 is 0 Å². The Morgan fingerprint density at radius 2 is 2.09 bits per heavy atom. The summed E-state index contributed by atoms with van der Waals surface area (Å²) < 4.78 is 22.7. The third-order valence-electron chi connectivity index (χ3n) is 5.31. The molecule has 0 saturated heterocycles. The first-order valence-electron chi connectivity index (χ1n) is 7.83. The summed E-state index contributed by atoms with van der Waals surface area (Å²) in [6, 6.07) is 3.87. The van der Waals surface area contributed by atoms with E-state index in [2.05, 4.69) is 5.32 Å². The van der Waals surface area contributed by atoms with Crippen LogP contribution in [0.5, 0.6) is 0 Å². The van der Waals surface area contributed by atoms with Crippen LogP contribution in [0, 0.1) is 27.9 Å². The number of rotatable bonds is 5. The molecule has 0 heterocycles. The van der Waals surface area contributed by atoms with Crippen molar-refractivity contribution in [2.75, 3.05) is 5.32 Å². The van der Waals surface area contributed by atoms with E-state index in [1.54, 1.807) is 0 Å². The number of hydrogen-bond donors (Lipinski definition) is 2. The Labute approximate surface area is 135 Å². The zero-order valence-electron chi connectivity index (χ0n) is 12.9. The molecule has 126 valence electrons. The topological polar surface area (TPSA) is 115 Å². The Hall–Kier alpha value is -1.67. The molecule has 4 unspecified atom stereocenters. The largest absolute Gasteiger partial charge is 0.377 e. The molecule has 0 amide bonds. The van der Waals surface area contributed by atoms with Crippen molar-refractivity contribution in [3.63, 3.8) is 0 Å². The first-order valence-corrected chi connectivity index (χ1v) is 9.38. The number of benzene rings is 1. The molecule has 0 aromatic heterocycles. The molecule has 8 heteroatoms. The molecule has 2 aliphatic rings. The second-order valence-electron chi connectivity index (χ2n) is 6.75. The minimum absolute atomic E-state index is 0.115. The van der Waals surface area contributed by atoms with E-state index < -0.39 is 14.9 Å². The molecule has 2 fully saturated rings.